The van der Waals surface area contributed by atoms with Crippen LogP contribution in [-0.4, -0.2) is 60.1 Å². The van der Waals surface area contributed by atoms with E-state index in [0.29, 0.717) is 0 Å². The maximum Gasteiger partial charge on any atom is 0.327 e. The van der Waals surface area contributed by atoms with Crippen LogP contribution in [0, 0.1) is 0 Å². The lowest BCUT2D eigenvalue weighted by atomic mass is 10.1. The van der Waals surface area contributed by atoms with Gasteiger partial charge >= 0.3 is 5.97 Å². The Hall–Kier alpha value is -1.14. The van der Waals surface area contributed by atoms with Crippen LogP contribution in [0.4, 0.5) is 0 Å². The molecule has 1 heterocycles. The topological polar surface area (TPSA) is 81.7 Å². The van der Waals surface area contributed by atoms with E-state index in [4.69, 9.17) is 5.11 Å². The minimum atomic E-state index is -1.01. The van der Waals surface area contributed by atoms with Gasteiger partial charge in [0.1, 0.15) is 6.04 Å². The number of amides is 1. The van der Waals surface area contributed by atoms with Crippen molar-refractivity contribution in [1.82, 2.24) is 15.5 Å². The van der Waals surface area contributed by atoms with Crippen molar-refractivity contribution in [3.05, 3.63) is 0 Å². The molecule has 0 bridgehead atoms. The highest BCUT2D eigenvalue weighted by Crippen LogP contribution is 2.08. The standard InChI is InChI=1S/C13H25N3O3/c1-10(9-16-6-4-3-5-7-16)14-8-12(13(18)19)15-11(2)17/h10,12,14H,3-9H2,1-2H3,(H,15,17)(H,18,19). The van der Waals surface area contributed by atoms with Gasteiger partial charge in [0, 0.05) is 26.1 Å². The Morgan fingerprint density at radius 3 is 2.42 bits per heavy atom. The van der Waals surface area contributed by atoms with Gasteiger partial charge in [-0.1, -0.05) is 6.42 Å². The van der Waals surface area contributed by atoms with Crippen molar-refractivity contribution >= 4 is 11.9 Å². The summed E-state index contributed by atoms with van der Waals surface area (Å²) >= 11 is 0. The van der Waals surface area contributed by atoms with E-state index in [1.165, 1.54) is 26.2 Å². The molecule has 0 aromatic carbocycles. The van der Waals surface area contributed by atoms with Gasteiger partial charge < -0.3 is 20.6 Å². The fourth-order valence-corrected chi connectivity index (χ4v) is 2.36. The smallest absolute Gasteiger partial charge is 0.327 e. The summed E-state index contributed by atoms with van der Waals surface area (Å²) in [6.07, 6.45) is 3.80. The van der Waals surface area contributed by atoms with Gasteiger partial charge in [-0.05, 0) is 32.9 Å². The molecule has 1 saturated heterocycles. The first kappa shape index (κ1) is 15.9. The number of carbonyl (C=O) groups excluding carboxylic acids is 1. The van der Waals surface area contributed by atoms with Crippen LogP contribution in [0.25, 0.3) is 0 Å². The number of piperidine rings is 1. The van der Waals surface area contributed by atoms with E-state index >= 15 is 0 Å². The zero-order chi connectivity index (χ0) is 14.3. The molecule has 6 heteroatoms. The maximum absolute atomic E-state index is 11.0. The van der Waals surface area contributed by atoms with Gasteiger partial charge in [0.15, 0.2) is 0 Å². The van der Waals surface area contributed by atoms with E-state index in [1.54, 1.807) is 0 Å². The molecule has 1 rings (SSSR count). The normalized spacial score (nSPS) is 19.7. The van der Waals surface area contributed by atoms with Crippen LogP contribution in [0.1, 0.15) is 33.1 Å². The summed E-state index contributed by atoms with van der Waals surface area (Å²) in [5, 5.41) is 14.6. The molecule has 1 amide bonds. The highest BCUT2D eigenvalue weighted by Gasteiger charge is 2.19. The molecular formula is C13H25N3O3. The van der Waals surface area contributed by atoms with Crippen LogP contribution in [0.3, 0.4) is 0 Å². The summed E-state index contributed by atoms with van der Waals surface area (Å²) in [5.41, 5.74) is 0. The number of nitrogens with zero attached hydrogens (tertiary/aromatic N) is 1. The second kappa shape index (κ2) is 8.12. The Morgan fingerprint density at radius 1 is 1.26 bits per heavy atom. The number of likely N-dealkylation sites (tertiary alicyclic amines) is 1. The predicted octanol–water partition coefficient (Wildman–Crippen LogP) is 0.0397. The molecule has 0 radical (unpaired) electrons. The Bertz CT molecular complexity index is 304. The molecule has 3 N–H and O–H groups in total. The number of carbonyl (C=O) groups is 2. The average molecular weight is 271 g/mol. The number of hydrogen-bond acceptors (Lipinski definition) is 4. The minimum Gasteiger partial charge on any atom is -0.480 e. The number of aliphatic carboxylic acids is 1. The summed E-state index contributed by atoms with van der Waals surface area (Å²) in [6.45, 7) is 6.80. The molecule has 0 spiro atoms. The van der Waals surface area contributed by atoms with Crippen molar-refractivity contribution < 1.29 is 14.7 Å². The zero-order valence-electron chi connectivity index (χ0n) is 11.8. The van der Waals surface area contributed by atoms with Gasteiger partial charge in [0.05, 0.1) is 0 Å². The number of carboxylic acid groups (broad SMARTS) is 1. The molecule has 2 unspecified atom stereocenters. The Kier molecular flexibility index (Phi) is 6.80. The first-order chi connectivity index (χ1) is 8.99. The SMILES string of the molecule is CC(=O)NC(CNC(C)CN1CCCCC1)C(=O)O. The van der Waals surface area contributed by atoms with E-state index in [1.807, 2.05) is 6.92 Å². The van der Waals surface area contributed by atoms with Crippen LogP contribution in [0.5, 0.6) is 0 Å². The third-order valence-corrected chi connectivity index (χ3v) is 3.33. The lowest BCUT2D eigenvalue weighted by Crippen LogP contribution is -2.50. The average Bonchev–Trinajstić information content (AvgIpc) is 2.35. The van der Waals surface area contributed by atoms with Gasteiger partial charge in [-0.2, -0.15) is 0 Å². The molecule has 19 heavy (non-hydrogen) atoms. The molecule has 0 aromatic heterocycles. The molecule has 0 saturated carbocycles. The van der Waals surface area contributed by atoms with Gasteiger partial charge in [-0.15, -0.1) is 0 Å². The Balaban J connectivity index is 2.28. The summed E-state index contributed by atoms with van der Waals surface area (Å²) in [6, 6.07) is -0.644. The summed E-state index contributed by atoms with van der Waals surface area (Å²) < 4.78 is 0. The number of nitrogens with one attached hydrogen (secondary N) is 2. The van der Waals surface area contributed by atoms with Gasteiger partial charge in [0.25, 0.3) is 0 Å². The maximum atomic E-state index is 11.0. The Morgan fingerprint density at radius 2 is 1.89 bits per heavy atom. The van der Waals surface area contributed by atoms with E-state index in [-0.39, 0.29) is 18.5 Å². The summed E-state index contributed by atoms with van der Waals surface area (Å²) in [5.74, 6) is -1.33. The molecular weight excluding hydrogens is 246 g/mol. The van der Waals surface area contributed by atoms with Crippen LogP contribution in [0.2, 0.25) is 0 Å². The monoisotopic (exact) mass is 271 g/mol. The van der Waals surface area contributed by atoms with Crippen molar-refractivity contribution in [3.8, 4) is 0 Å². The molecule has 0 aliphatic carbocycles. The highest BCUT2D eigenvalue weighted by molar-refractivity contribution is 5.82. The van der Waals surface area contributed by atoms with E-state index in [9.17, 15) is 9.59 Å². The van der Waals surface area contributed by atoms with Crippen LogP contribution in [0.15, 0.2) is 0 Å². The number of rotatable bonds is 7. The second-order valence-electron chi connectivity index (χ2n) is 5.26. The predicted molar refractivity (Wildman–Crippen MR) is 73.0 cm³/mol. The molecule has 6 nitrogen and oxygen atoms in total. The van der Waals surface area contributed by atoms with Gasteiger partial charge in [0.2, 0.25) is 5.91 Å². The van der Waals surface area contributed by atoms with Crippen LogP contribution in [-0.2, 0) is 9.59 Å². The van der Waals surface area contributed by atoms with Crippen molar-refractivity contribution in [2.45, 2.75) is 45.2 Å². The van der Waals surface area contributed by atoms with Crippen molar-refractivity contribution in [2.75, 3.05) is 26.2 Å². The minimum absolute atomic E-state index is 0.216. The zero-order valence-corrected chi connectivity index (χ0v) is 11.8. The van der Waals surface area contributed by atoms with Crippen molar-refractivity contribution in [2.24, 2.45) is 0 Å². The molecule has 2 atom stereocenters. The lowest BCUT2D eigenvalue weighted by molar-refractivity contribution is -0.141. The summed E-state index contributed by atoms with van der Waals surface area (Å²) in [4.78, 5) is 24.3. The third-order valence-electron chi connectivity index (χ3n) is 3.33. The molecule has 110 valence electrons. The lowest BCUT2D eigenvalue weighted by Gasteiger charge is -2.29. The Labute approximate surface area is 114 Å². The third kappa shape index (κ3) is 6.54. The molecule has 1 aliphatic heterocycles. The molecule has 1 fully saturated rings. The molecule has 0 aromatic rings. The summed E-state index contributed by atoms with van der Waals surface area (Å²) in [7, 11) is 0. The second-order valence-corrected chi connectivity index (χ2v) is 5.26. The van der Waals surface area contributed by atoms with Crippen molar-refractivity contribution in [1.29, 1.82) is 0 Å². The molecule has 1 aliphatic rings. The largest absolute Gasteiger partial charge is 0.480 e. The first-order valence-corrected chi connectivity index (χ1v) is 6.94. The quantitative estimate of drug-likeness (QED) is 0.609. The van der Waals surface area contributed by atoms with Gasteiger partial charge in [-0.25, -0.2) is 4.79 Å². The number of hydrogen-bond donors (Lipinski definition) is 3. The van der Waals surface area contributed by atoms with E-state index in [0.717, 1.165) is 19.6 Å². The fraction of sp³-hybridized carbons (Fsp3) is 0.846. The van der Waals surface area contributed by atoms with Crippen LogP contribution >= 0.6 is 0 Å². The number of carboxylic acids is 1. The van der Waals surface area contributed by atoms with Crippen LogP contribution < -0.4 is 10.6 Å². The van der Waals surface area contributed by atoms with Crippen molar-refractivity contribution in [3.63, 3.8) is 0 Å². The first-order valence-electron chi connectivity index (χ1n) is 6.94. The highest BCUT2D eigenvalue weighted by atomic mass is 16.4. The van der Waals surface area contributed by atoms with Gasteiger partial charge in [-0.3, -0.25) is 4.79 Å². The van der Waals surface area contributed by atoms with E-state index < -0.39 is 12.0 Å². The van der Waals surface area contributed by atoms with E-state index in [2.05, 4.69) is 15.5 Å². The fourth-order valence-electron chi connectivity index (χ4n) is 2.36.